The Morgan fingerprint density at radius 1 is 1.16 bits per heavy atom. The lowest BCUT2D eigenvalue weighted by Crippen LogP contribution is -2.25. The van der Waals surface area contributed by atoms with E-state index in [4.69, 9.17) is 14.6 Å². The topological polar surface area (TPSA) is 55.8 Å². The molecule has 0 saturated heterocycles. The second kappa shape index (κ2) is 10.9. The van der Waals surface area contributed by atoms with Crippen molar-refractivity contribution in [2.24, 2.45) is 5.92 Å². The average molecular weight is 346 g/mol. The largest absolute Gasteiger partial charge is 0.493 e. The predicted molar refractivity (Wildman–Crippen MR) is 99.8 cm³/mol. The molecular formula is C21H30O4. The van der Waals surface area contributed by atoms with Gasteiger partial charge in [-0.2, -0.15) is 0 Å². The first-order valence-corrected chi connectivity index (χ1v) is 9.43. The summed E-state index contributed by atoms with van der Waals surface area (Å²) in [5.74, 6) is 0.498. The zero-order chi connectivity index (χ0) is 17.9. The summed E-state index contributed by atoms with van der Waals surface area (Å²) in [5, 5.41) is 8.63. The molecule has 25 heavy (non-hydrogen) atoms. The van der Waals surface area contributed by atoms with Gasteiger partial charge in [0.15, 0.2) is 0 Å². The van der Waals surface area contributed by atoms with E-state index in [2.05, 4.69) is 6.92 Å². The molecule has 0 heterocycles. The number of carboxylic acids is 1. The Morgan fingerprint density at radius 3 is 2.52 bits per heavy atom. The van der Waals surface area contributed by atoms with E-state index < -0.39 is 5.97 Å². The molecule has 0 amide bonds. The van der Waals surface area contributed by atoms with Crippen LogP contribution >= 0.6 is 0 Å². The number of hydrogen-bond donors (Lipinski definition) is 1. The van der Waals surface area contributed by atoms with Crippen molar-refractivity contribution in [1.82, 2.24) is 0 Å². The van der Waals surface area contributed by atoms with Crippen LogP contribution in [0.1, 0.15) is 57.4 Å². The van der Waals surface area contributed by atoms with Gasteiger partial charge in [-0.15, -0.1) is 0 Å². The summed E-state index contributed by atoms with van der Waals surface area (Å²) < 4.78 is 11.9. The van der Waals surface area contributed by atoms with Crippen LogP contribution in [0.5, 0.6) is 5.75 Å². The van der Waals surface area contributed by atoms with Crippen LogP contribution in [-0.4, -0.2) is 30.4 Å². The Morgan fingerprint density at radius 2 is 1.88 bits per heavy atom. The molecule has 1 fully saturated rings. The summed E-state index contributed by atoms with van der Waals surface area (Å²) in [5.41, 5.74) is 0.857. The zero-order valence-corrected chi connectivity index (χ0v) is 15.2. The number of rotatable bonds is 10. The first kappa shape index (κ1) is 19.5. The lowest BCUT2D eigenvalue weighted by atomic mass is 9.88. The maximum Gasteiger partial charge on any atom is 0.328 e. The summed E-state index contributed by atoms with van der Waals surface area (Å²) in [6.07, 6.45) is 11.4. The smallest absolute Gasteiger partial charge is 0.328 e. The third-order valence-corrected chi connectivity index (χ3v) is 4.68. The third kappa shape index (κ3) is 7.74. The second-order valence-corrected chi connectivity index (χ2v) is 6.77. The first-order chi connectivity index (χ1) is 12.2. The Kier molecular flexibility index (Phi) is 8.53. The lowest BCUT2D eigenvalue weighted by molar-refractivity contribution is -0.131. The van der Waals surface area contributed by atoms with Crippen LogP contribution in [0.25, 0.3) is 6.08 Å². The van der Waals surface area contributed by atoms with E-state index in [0.717, 1.165) is 56.3 Å². The zero-order valence-electron chi connectivity index (χ0n) is 15.2. The highest BCUT2D eigenvalue weighted by molar-refractivity contribution is 5.85. The molecule has 1 aliphatic rings. The van der Waals surface area contributed by atoms with Crippen molar-refractivity contribution < 1.29 is 19.4 Å². The maximum atomic E-state index is 10.5. The highest BCUT2D eigenvalue weighted by Gasteiger charge is 2.22. The molecule has 0 aromatic heterocycles. The minimum atomic E-state index is -0.940. The highest BCUT2D eigenvalue weighted by atomic mass is 16.5. The van der Waals surface area contributed by atoms with Gasteiger partial charge >= 0.3 is 5.97 Å². The molecular weight excluding hydrogens is 316 g/mol. The Labute approximate surface area is 150 Å². The van der Waals surface area contributed by atoms with Crippen LogP contribution in [0.2, 0.25) is 0 Å². The number of aliphatic carboxylic acids is 1. The SMILES string of the molecule is CCCCCOC1CCC(COc2ccc(C=CC(=O)O)cc2)CC1. The van der Waals surface area contributed by atoms with Crippen LogP contribution in [0.4, 0.5) is 0 Å². The number of carboxylic acid groups (broad SMARTS) is 1. The number of benzene rings is 1. The molecule has 0 atom stereocenters. The van der Waals surface area contributed by atoms with Crippen molar-refractivity contribution in [3.8, 4) is 5.75 Å². The van der Waals surface area contributed by atoms with E-state index >= 15 is 0 Å². The molecule has 0 bridgehead atoms. The monoisotopic (exact) mass is 346 g/mol. The number of hydrogen-bond acceptors (Lipinski definition) is 3. The standard InChI is InChI=1S/C21H30O4/c1-2-3-4-15-24-19-12-7-18(8-13-19)16-25-20-10-5-17(6-11-20)9-14-21(22)23/h5-6,9-11,14,18-19H,2-4,7-8,12-13,15-16H2,1H3,(H,22,23). The molecule has 138 valence electrons. The lowest BCUT2D eigenvalue weighted by Gasteiger charge is -2.28. The van der Waals surface area contributed by atoms with Gasteiger partial charge in [-0.1, -0.05) is 31.9 Å². The van der Waals surface area contributed by atoms with E-state index in [-0.39, 0.29) is 0 Å². The van der Waals surface area contributed by atoms with E-state index in [0.29, 0.717) is 12.0 Å². The summed E-state index contributed by atoms with van der Waals surface area (Å²) >= 11 is 0. The van der Waals surface area contributed by atoms with Gasteiger partial charge in [-0.3, -0.25) is 0 Å². The number of carbonyl (C=O) groups is 1. The molecule has 0 unspecified atom stereocenters. The minimum Gasteiger partial charge on any atom is -0.493 e. The fourth-order valence-corrected chi connectivity index (χ4v) is 3.12. The van der Waals surface area contributed by atoms with E-state index in [1.54, 1.807) is 6.08 Å². The van der Waals surface area contributed by atoms with Crippen LogP contribution < -0.4 is 4.74 Å². The van der Waals surface area contributed by atoms with Crippen molar-refractivity contribution in [3.63, 3.8) is 0 Å². The van der Waals surface area contributed by atoms with Crippen LogP contribution in [-0.2, 0) is 9.53 Å². The van der Waals surface area contributed by atoms with Crippen molar-refractivity contribution in [2.75, 3.05) is 13.2 Å². The van der Waals surface area contributed by atoms with Crippen LogP contribution in [0.15, 0.2) is 30.3 Å². The van der Waals surface area contributed by atoms with Gasteiger partial charge in [0.1, 0.15) is 5.75 Å². The fourth-order valence-electron chi connectivity index (χ4n) is 3.12. The van der Waals surface area contributed by atoms with E-state index in [1.165, 1.54) is 19.3 Å². The van der Waals surface area contributed by atoms with Crippen molar-refractivity contribution in [1.29, 1.82) is 0 Å². The first-order valence-electron chi connectivity index (χ1n) is 9.43. The van der Waals surface area contributed by atoms with Crippen LogP contribution in [0.3, 0.4) is 0 Å². The predicted octanol–water partition coefficient (Wildman–Crippen LogP) is 4.93. The van der Waals surface area contributed by atoms with Gasteiger partial charge in [0.05, 0.1) is 12.7 Å². The summed E-state index contributed by atoms with van der Waals surface area (Å²) in [6.45, 7) is 3.86. The summed E-state index contributed by atoms with van der Waals surface area (Å²) in [6, 6.07) is 7.53. The molecule has 2 rings (SSSR count). The van der Waals surface area contributed by atoms with E-state index in [9.17, 15) is 4.79 Å². The summed E-state index contributed by atoms with van der Waals surface area (Å²) in [4.78, 5) is 10.5. The van der Waals surface area contributed by atoms with E-state index in [1.807, 2.05) is 24.3 Å². The van der Waals surface area contributed by atoms with Crippen molar-refractivity contribution in [2.45, 2.75) is 58.0 Å². The fraction of sp³-hybridized carbons (Fsp3) is 0.571. The van der Waals surface area contributed by atoms with Crippen molar-refractivity contribution in [3.05, 3.63) is 35.9 Å². The number of unbranched alkanes of at least 4 members (excludes halogenated alkanes) is 2. The summed E-state index contributed by atoms with van der Waals surface area (Å²) in [7, 11) is 0. The van der Waals surface area contributed by atoms with Gasteiger partial charge in [0, 0.05) is 12.7 Å². The maximum absolute atomic E-state index is 10.5. The molecule has 4 nitrogen and oxygen atoms in total. The highest BCUT2D eigenvalue weighted by Crippen LogP contribution is 2.27. The quantitative estimate of drug-likeness (QED) is 0.482. The normalized spacial score (nSPS) is 20.7. The minimum absolute atomic E-state index is 0.438. The molecule has 0 aliphatic heterocycles. The Balaban J connectivity index is 1.64. The molecule has 0 spiro atoms. The molecule has 1 aromatic rings. The van der Waals surface area contributed by atoms with Gasteiger partial charge in [0.25, 0.3) is 0 Å². The number of ether oxygens (including phenoxy) is 2. The van der Waals surface area contributed by atoms with Gasteiger partial charge < -0.3 is 14.6 Å². The molecule has 1 N–H and O–H groups in total. The van der Waals surface area contributed by atoms with Gasteiger partial charge in [-0.25, -0.2) is 4.79 Å². The molecule has 1 aromatic carbocycles. The molecule has 4 heteroatoms. The average Bonchev–Trinajstić information content (AvgIpc) is 2.63. The van der Waals surface area contributed by atoms with Gasteiger partial charge in [0.2, 0.25) is 0 Å². The van der Waals surface area contributed by atoms with Gasteiger partial charge in [-0.05, 0) is 61.8 Å². The molecule has 1 saturated carbocycles. The second-order valence-electron chi connectivity index (χ2n) is 6.77. The molecule has 0 radical (unpaired) electrons. The Bertz CT molecular complexity index is 527. The van der Waals surface area contributed by atoms with Crippen LogP contribution in [0, 0.1) is 5.92 Å². The molecule has 1 aliphatic carbocycles. The Hall–Kier alpha value is -1.81. The third-order valence-electron chi connectivity index (χ3n) is 4.68. The van der Waals surface area contributed by atoms with Crippen molar-refractivity contribution >= 4 is 12.0 Å².